The Morgan fingerprint density at radius 2 is 1.54 bits per heavy atom. The number of carbonyl (C=O) groups excluding carboxylic acids is 1. The molecule has 3 aromatic carbocycles. The molecule has 0 spiro atoms. The Morgan fingerprint density at radius 1 is 0.821 bits per heavy atom. The molecule has 2 aliphatic rings. The van der Waals surface area contributed by atoms with Gasteiger partial charge >= 0.3 is 0 Å². The summed E-state index contributed by atoms with van der Waals surface area (Å²) < 4.78 is 6.52. The molecule has 0 N–H and O–H groups in total. The number of anilines is 1. The molecule has 0 unspecified atom stereocenters. The van der Waals surface area contributed by atoms with Crippen molar-refractivity contribution in [2.75, 3.05) is 50.7 Å². The smallest absolute Gasteiger partial charge is 0.253 e. The van der Waals surface area contributed by atoms with Crippen molar-refractivity contribution in [3.8, 4) is 12.1 Å². The van der Waals surface area contributed by atoms with Crippen LogP contribution in [0, 0.1) is 22.7 Å². The zero-order valence-electron chi connectivity index (χ0n) is 22.1. The van der Waals surface area contributed by atoms with E-state index in [0.717, 1.165) is 43.9 Å². The van der Waals surface area contributed by atoms with Crippen molar-refractivity contribution >= 4 is 11.6 Å². The van der Waals surface area contributed by atoms with Gasteiger partial charge in [0, 0.05) is 57.1 Å². The van der Waals surface area contributed by atoms with Crippen LogP contribution in [0.2, 0.25) is 0 Å². The van der Waals surface area contributed by atoms with Crippen molar-refractivity contribution < 1.29 is 9.53 Å². The number of rotatable bonds is 8. The molecule has 3 aromatic rings. The lowest BCUT2D eigenvalue weighted by Crippen LogP contribution is -2.49. The van der Waals surface area contributed by atoms with Gasteiger partial charge in [0.05, 0.1) is 36.0 Å². The van der Waals surface area contributed by atoms with Gasteiger partial charge in [-0.2, -0.15) is 10.5 Å². The van der Waals surface area contributed by atoms with Crippen molar-refractivity contribution in [3.63, 3.8) is 0 Å². The number of nitriles is 2. The van der Waals surface area contributed by atoms with Crippen LogP contribution >= 0.6 is 0 Å². The number of amides is 1. The first kappa shape index (κ1) is 26.4. The monoisotopic (exact) mass is 519 g/mol. The quantitative estimate of drug-likeness (QED) is 0.427. The van der Waals surface area contributed by atoms with Gasteiger partial charge in [-0.05, 0) is 66.4 Å². The van der Waals surface area contributed by atoms with Crippen LogP contribution in [0.3, 0.4) is 0 Å². The van der Waals surface area contributed by atoms with Gasteiger partial charge in [0.15, 0.2) is 0 Å². The molecule has 0 radical (unpaired) electrons. The Hall–Kier alpha value is -4.17. The van der Waals surface area contributed by atoms with Crippen LogP contribution in [0.25, 0.3) is 0 Å². The lowest BCUT2D eigenvalue weighted by atomic mass is 10.1. The summed E-state index contributed by atoms with van der Waals surface area (Å²) in [5.41, 5.74) is 5.12. The van der Waals surface area contributed by atoms with E-state index in [2.05, 4.69) is 46.2 Å². The molecule has 2 fully saturated rings. The summed E-state index contributed by atoms with van der Waals surface area (Å²) in [5.74, 6) is -0.0290. The van der Waals surface area contributed by atoms with Gasteiger partial charge in [-0.1, -0.05) is 30.3 Å². The molecule has 39 heavy (non-hydrogen) atoms. The number of benzene rings is 3. The SMILES string of the molecule is N#Cc1ccc(CO[C@@H](CN2CCN(C(=O)c3cccc(C#N)c3)CC2)c2cccc(N3CCCC3)c2)cc1. The number of hydrogen-bond acceptors (Lipinski definition) is 6. The first-order chi connectivity index (χ1) is 19.1. The third-order valence-corrected chi connectivity index (χ3v) is 7.57. The lowest BCUT2D eigenvalue weighted by molar-refractivity contribution is 0.00344. The molecule has 7 nitrogen and oxygen atoms in total. The van der Waals surface area contributed by atoms with Gasteiger partial charge in [-0.3, -0.25) is 9.69 Å². The van der Waals surface area contributed by atoms with Gasteiger partial charge in [-0.15, -0.1) is 0 Å². The minimum atomic E-state index is -0.127. The average molecular weight is 520 g/mol. The van der Waals surface area contributed by atoms with E-state index in [1.807, 2.05) is 29.2 Å². The molecule has 2 heterocycles. The van der Waals surface area contributed by atoms with Crippen LogP contribution in [-0.2, 0) is 11.3 Å². The molecule has 5 rings (SSSR count). The van der Waals surface area contributed by atoms with Crippen LogP contribution in [0.5, 0.6) is 0 Å². The van der Waals surface area contributed by atoms with E-state index in [1.165, 1.54) is 18.5 Å². The number of piperazine rings is 1. The van der Waals surface area contributed by atoms with Crippen molar-refractivity contribution in [3.05, 3.63) is 101 Å². The summed E-state index contributed by atoms with van der Waals surface area (Å²) in [7, 11) is 0. The predicted molar refractivity (Wildman–Crippen MR) is 150 cm³/mol. The van der Waals surface area contributed by atoms with E-state index in [0.29, 0.717) is 36.4 Å². The zero-order valence-corrected chi connectivity index (χ0v) is 22.1. The van der Waals surface area contributed by atoms with E-state index in [9.17, 15) is 10.1 Å². The van der Waals surface area contributed by atoms with E-state index in [1.54, 1.807) is 24.3 Å². The maximum atomic E-state index is 13.0. The molecule has 7 heteroatoms. The maximum absolute atomic E-state index is 13.0. The fourth-order valence-corrected chi connectivity index (χ4v) is 5.30. The van der Waals surface area contributed by atoms with Crippen LogP contribution < -0.4 is 4.90 Å². The molecule has 0 saturated carbocycles. The van der Waals surface area contributed by atoms with Gasteiger partial charge in [0.2, 0.25) is 0 Å². The topological polar surface area (TPSA) is 83.6 Å². The Morgan fingerprint density at radius 3 is 2.26 bits per heavy atom. The average Bonchev–Trinajstić information content (AvgIpc) is 3.55. The third kappa shape index (κ3) is 6.64. The zero-order chi connectivity index (χ0) is 27.0. The van der Waals surface area contributed by atoms with Crippen LogP contribution in [0.1, 0.15) is 51.6 Å². The minimum Gasteiger partial charge on any atom is -0.372 e. The van der Waals surface area contributed by atoms with Gasteiger partial charge in [0.25, 0.3) is 5.91 Å². The summed E-state index contributed by atoms with van der Waals surface area (Å²) in [6.07, 6.45) is 2.33. The Bertz CT molecular complexity index is 1360. The van der Waals surface area contributed by atoms with Gasteiger partial charge < -0.3 is 14.5 Å². The number of nitrogens with zero attached hydrogens (tertiary/aromatic N) is 5. The summed E-state index contributed by atoms with van der Waals surface area (Å²) in [6, 6.07) is 27.4. The van der Waals surface area contributed by atoms with Gasteiger partial charge in [-0.25, -0.2) is 0 Å². The van der Waals surface area contributed by atoms with Crippen LogP contribution in [0.15, 0.2) is 72.8 Å². The number of hydrogen-bond donors (Lipinski definition) is 0. The molecule has 0 aromatic heterocycles. The Labute approximate surface area is 230 Å². The first-order valence-electron chi connectivity index (χ1n) is 13.6. The standard InChI is InChI=1S/C32H33N5O2/c33-21-25-9-11-26(12-10-25)24-39-31(28-6-4-8-30(20-28)36-13-1-2-14-36)23-35-15-17-37(18-16-35)32(38)29-7-3-5-27(19-29)22-34/h3-12,19-20,31H,1-2,13-18,23-24H2/t31-/m0/s1. The van der Waals surface area contributed by atoms with E-state index in [4.69, 9.17) is 10.00 Å². The number of ether oxygens (including phenoxy) is 1. The second-order valence-electron chi connectivity index (χ2n) is 10.2. The molecular weight excluding hydrogens is 486 g/mol. The molecule has 2 saturated heterocycles. The normalized spacial score (nSPS) is 16.5. The van der Waals surface area contributed by atoms with Gasteiger partial charge in [0.1, 0.15) is 0 Å². The van der Waals surface area contributed by atoms with Crippen molar-refractivity contribution in [2.45, 2.75) is 25.6 Å². The Kier molecular flexibility index (Phi) is 8.53. The second-order valence-corrected chi connectivity index (χ2v) is 10.2. The van der Waals surface area contributed by atoms with Crippen molar-refractivity contribution in [2.24, 2.45) is 0 Å². The largest absolute Gasteiger partial charge is 0.372 e. The van der Waals surface area contributed by atoms with Crippen molar-refractivity contribution in [1.29, 1.82) is 10.5 Å². The molecular formula is C32H33N5O2. The molecule has 2 aliphatic heterocycles. The summed E-state index contributed by atoms with van der Waals surface area (Å²) >= 11 is 0. The summed E-state index contributed by atoms with van der Waals surface area (Å²) in [5, 5.41) is 18.3. The molecule has 198 valence electrons. The highest BCUT2D eigenvalue weighted by Gasteiger charge is 2.25. The highest BCUT2D eigenvalue weighted by molar-refractivity contribution is 5.94. The van der Waals surface area contributed by atoms with E-state index in [-0.39, 0.29) is 12.0 Å². The Balaban J connectivity index is 1.26. The molecule has 1 atom stereocenters. The molecule has 0 bridgehead atoms. The third-order valence-electron chi connectivity index (χ3n) is 7.57. The minimum absolute atomic E-state index is 0.0290. The summed E-state index contributed by atoms with van der Waals surface area (Å²) in [6.45, 7) is 6.14. The van der Waals surface area contributed by atoms with E-state index < -0.39 is 0 Å². The molecule has 0 aliphatic carbocycles. The maximum Gasteiger partial charge on any atom is 0.253 e. The number of carbonyl (C=O) groups is 1. The molecule has 1 amide bonds. The predicted octanol–water partition coefficient (Wildman–Crippen LogP) is 4.75. The van der Waals surface area contributed by atoms with Crippen LogP contribution in [-0.4, -0.2) is 61.5 Å². The highest BCUT2D eigenvalue weighted by atomic mass is 16.5. The second kappa shape index (κ2) is 12.6. The fourth-order valence-electron chi connectivity index (χ4n) is 5.30. The van der Waals surface area contributed by atoms with E-state index >= 15 is 0 Å². The lowest BCUT2D eigenvalue weighted by Gasteiger charge is -2.36. The van der Waals surface area contributed by atoms with Crippen LogP contribution in [0.4, 0.5) is 5.69 Å². The summed E-state index contributed by atoms with van der Waals surface area (Å²) in [4.78, 5) is 19.7. The first-order valence-corrected chi connectivity index (χ1v) is 13.6. The van der Waals surface area contributed by atoms with Crippen molar-refractivity contribution in [1.82, 2.24) is 9.80 Å². The fraction of sp³-hybridized carbons (Fsp3) is 0.344. The highest BCUT2D eigenvalue weighted by Crippen LogP contribution is 2.28.